The summed E-state index contributed by atoms with van der Waals surface area (Å²) in [7, 11) is 0. The van der Waals surface area contributed by atoms with Crippen LogP contribution in [0.2, 0.25) is 5.02 Å². The summed E-state index contributed by atoms with van der Waals surface area (Å²) in [4.78, 5) is 12.0. The lowest BCUT2D eigenvalue weighted by atomic mass is 9.74. The first-order valence-corrected chi connectivity index (χ1v) is 7.78. The second-order valence-corrected chi connectivity index (χ2v) is 6.19. The SMILES string of the molecule is CCCC1CCC(Nc2ccccc2Cl)(C(N)=O)CC1. The largest absolute Gasteiger partial charge is 0.370 e. The van der Waals surface area contributed by atoms with Crippen molar-refractivity contribution in [1.82, 2.24) is 0 Å². The molecule has 1 saturated carbocycles. The van der Waals surface area contributed by atoms with Crippen molar-refractivity contribution in [2.45, 2.75) is 51.0 Å². The predicted octanol–water partition coefficient (Wildman–Crippen LogP) is 3.97. The summed E-state index contributed by atoms with van der Waals surface area (Å²) in [5.41, 5.74) is 5.82. The van der Waals surface area contributed by atoms with Crippen LogP contribution in [-0.2, 0) is 4.79 Å². The fourth-order valence-electron chi connectivity index (χ4n) is 3.12. The second-order valence-electron chi connectivity index (χ2n) is 5.78. The number of hydrogen-bond donors (Lipinski definition) is 2. The lowest BCUT2D eigenvalue weighted by Gasteiger charge is -2.39. The Balaban J connectivity index is 2.12. The molecule has 3 N–H and O–H groups in total. The smallest absolute Gasteiger partial charge is 0.243 e. The number of carbonyl (C=O) groups is 1. The Bertz CT molecular complexity index is 467. The molecule has 2 rings (SSSR count). The van der Waals surface area contributed by atoms with E-state index in [4.69, 9.17) is 17.3 Å². The molecular formula is C16H23ClN2O. The fraction of sp³-hybridized carbons (Fsp3) is 0.562. The maximum Gasteiger partial charge on any atom is 0.243 e. The van der Waals surface area contributed by atoms with E-state index < -0.39 is 5.54 Å². The van der Waals surface area contributed by atoms with Crippen molar-refractivity contribution in [1.29, 1.82) is 0 Å². The van der Waals surface area contributed by atoms with Gasteiger partial charge in [0.1, 0.15) is 5.54 Å². The number of halogens is 1. The Morgan fingerprint density at radius 3 is 2.60 bits per heavy atom. The number of anilines is 1. The number of nitrogens with one attached hydrogen (secondary N) is 1. The topological polar surface area (TPSA) is 55.1 Å². The van der Waals surface area contributed by atoms with E-state index in [2.05, 4.69) is 12.2 Å². The normalized spacial score (nSPS) is 26.2. The highest BCUT2D eigenvalue weighted by Crippen LogP contribution is 2.37. The molecule has 3 nitrogen and oxygen atoms in total. The fourth-order valence-corrected chi connectivity index (χ4v) is 3.30. The second kappa shape index (κ2) is 6.49. The van der Waals surface area contributed by atoms with Gasteiger partial charge in [0.05, 0.1) is 10.7 Å². The summed E-state index contributed by atoms with van der Waals surface area (Å²) in [6, 6.07) is 7.50. The van der Waals surface area contributed by atoms with E-state index in [0.717, 1.165) is 37.3 Å². The average Bonchev–Trinajstić information content (AvgIpc) is 2.44. The van der Waals surface area contributed by atoms with Gasteiger partial charge in [-0.2, -0.15) is 0 Å². The van der Waals surface area contributed by atoms with E-state index in [-0.39, 0.29) is 5.91 Å². The first-order valence-electron chi connectivity index (χ1n) is 7.40. The number of nitrogens with two attached hydrogens (primary N) is 1. The molecule has 4 heteroatoms. The third-order valence-electron chi connectivity index (χ3n) is 4.38. The van der Waals surface area contributed by atoms with Crippen molar-refractivity contribution >= 4 is 23.2 Å². The third kappa shape index (κ3) is 3.26. The van der Waals surface area contributed by atoms with Gasteiger partial charge in [-0.1, -0.05) is 43.5 Å². The van der Waals surface area contributed by atoms with E-state index in [1.807, 2.05) is 24.3 Å². The number of primary amides is 1. The van der Waals surface area contributed by atoms with Gasteiger partial charge in [0, 0.05) is 0 Å². The molecule has 1 aliphatic rings. The Morgan fingerprint density at radius 2 is 2.05 bits per heavy atom. The highest BCUT2D eigenvalue weighted by molar-refractivity contribution is 6.33. The number of para-hydroxylation sites is 1. The predicted molar refractivity (Wildman–Crippen MR) is 83.9 cm³/mol. The van der Waals surface area contributed by atoms with Crippen molar-refractivity contribution in [2.75, 3.05) is 5.32 Å². The maximum absolute atomic E-state index is 12.0. The van der Waals surface area contributed by atoms with Crippen LogP contribution < -0.4 is 11.1 Å². The molecule has 0 heterocycles. The molecule has 0 saturated heterocycles. The third-order valence-corrected chi connectivity index (χ3v) is 4.70. The molecule has 1 amide bonds. The van der Waals surface area contributed by atoms with E-state index >= 15 is 0 Å². The van der Waals surface area contributed by atoms with Gasteiger partial charge in [0.15, 0.2) is 0 Å². The minimum absolute atomic E-state index is 0.271. The maximum atomic E-state index is 12.0. The van der Waals surface area contributed by atoms with Crippen LogP contribution in [0.1, 0.15) is 45.4 Å². The molecule has 0 radical (unpaired) electrons. The minimum Gasteiger partial charge on any atom is -0.370 e. The van der Waals surface area contributed by atoms with Gasteiger partial charge in [-0.15, -0.1) is 0 Å². The van der Waals surface area contributed by atoms with E-state index in [0.29, 0.717) is 5.02 Å². The standard InChI is InChI=1S/C16H23ClN2O/c1-2-5-12-8-10-16(11-9-12,15(18)20)19-14-7-4-3-6-13(14)17/h3-4,6-7,12,19H,2,5,8-11H2,1H3,(H2,18,20). The van der Waals surface area contributed by atoms with Crippen LogP contribution >= 0.6 is 11.6 Å². The van der Waals surface area contributed by atoms with Gasteiger partial charge in [0.25, 0.3) is 0 Å². The molecule has 110 valence electrons. The Hall–Kier alpha value is -1.22. The quantitative estimate of drug-likeness (QED) is 0.863. The summed E-state index contributed by atoms with van der Waals surface area (Å²) in [6.07, 6.45) is 6.12. The van der Waals surface area contributed by atoms with Crippen molar-refractivity contribution in [2.24, 2.45) is 11.7 Å². The summed E-state index contributed by atoms with van der Waals surface area (Å²) in [6.45, 7) is 2.21. The summed E-state index contributed by atoms with van der Waals surface area (Å²) in [5.74, 6) is 0.452. The monoisotopic (exact) mass is 294 g/mol. The molecule has 0 spiro atoms. The van der Waals surface area contributed by atoms with Crippen LogP contribution in [-0.4, -0.2) is 11.4 Å². The lowest BCUT2D eigenvalue weighted by Crippen LogP contribution is -2.52. The molecule has 1 aromatic rings. The molecule has 0 unspecified atom stereocenters. The number of benzene rings is 1. The van der Waals surface area contributed by atoms with Gasteiger partial charge in [-0.25, -0.2) is 0 Å². The van der Waals surface area contributed by atoms with E-state index in [9.17, 15) is 4.79 Å². The molecule has 0 aliphatic heterocycles. The molecule has 1 aromatic carbocycles. The van der Waals surface area contributed by atoms with Crippen LogP contribution in [0.4, 0.5) is 5.69 Å². The van der Waals surface area contributed by atoms with E-state index in [1.54, 1.807) is 0 Å². The molecule has 1 aliphatic carbocycles. The summed E-state index contributed by atoms with van der Waals surface area (Å²) in [5, 5.41) is 3.95. The van der Waals surface area contributed by atoms with Gasteiger partial charge in [-0.3, -0.25) is 4.79 Å². The van der Waals surface area contributed by atoms with Gasteiger partial charge < -0.3 is 11.1 Å². The highest BCUT2D eigenvalue weighted by Gasteiger charge is 2.40. The molecule has 0 atom stereocenters. The van der Waals surface area contributed by atoms with E-state index in [1.165, 1.54) is 12.8 Å². The van der Waals surface area contributed by atoms with Crippen molar-refractivity contribution in [3.8, 4) is 0 Å². The zero-order valence-electron chi connectivity index (χ0n) is 12.0. The molecular weight excluding hydrogens is 272 g/mol. The van der Waals surface area contributed by atoms with Crippen LogP contribution in [0.25, 0.3) is 0 Å². The summed E-state index contributed by atoms with van der Waals surface area (Å²) < 4.78 is 0. The summed E-state index contributed by atoms with van der Waals surface area (Å²) >= 11 is 6.17. The molecule has 20 heavy (non-hydrogen) atoms. The minimum atomic E-state index is -0.644. The zero-order chi connectivity index (χ0) is 14.6. The van der Waals surface area contributed by atoms with Crippen molar-refractivity contribution < 1.29 is 4.79 Å². The number of rotatable bonds is 5. The number of amides is 1. The van der Waals surface area contributed by atoms with Crippen LogP contribution in [0.5, 0.6) is 0 Å². The highest BCUT2D eigenvalue weighted by atomic mass is 35.5. The van der Waals surface area contributed by atoms with Crippen LogP contribution in [0, 0.1) is 5.92 Å². The first kappa shape index (κ1) is 15.2. The number of carbonyl (C=O) groups excluding carboxylic acids is 1. The Kier molecular flexibility index (Phi) is 4.92. The molecule has 0 aromatic heterocycles. The van der Waals surface area contributed by atoms with Crippen LogP contribution in [0.15, 0.2) is 24.3 Å². The van der Waals surface area contributed by atoms with Crippen molar-refractivity contribution in [3.63, 3.8) is 0 Å². The Labute approximate surface area is 125 Å². The van der Waals surface area contributed by atoms with Crippen LogP contribution in [0.3, 0.4) is 0 Å². The number of hydrogen-bond acceptors (Lipinski definition) is 2. The van der Waals surface area contributed by atoms with Crippen molar-refractivity contribution in [3.05, 3.63) is 29.3 Å². The first-order chi connectivity index (χ1) is 9.57. The Morgan fingerprint density at radius 1 is 1.40 bits per heavy atom. The molecule has 1 fully saturated rings. The molecule has 0 bridgehead atoms. The van der Waals surface area contributed by atoms with Gasteiger partial charge in [-0.05, 0) is 43.7 Å². The lowest BCUT2D eigenvalue weighted by molar-refractivity contribution is -0.123. The van der Waals surface area contributed by atoms with Gasteiger partial charge in [0.2, 0.25) is 5.91 Å². The van der Waals surface area contributed by atoms with Gasteiger partial charge >= 0.3 is 0 Å². The average molecular weight is 295 g/mol. The zero-order valence-corrected chi connectivity index (χ0v) is 12.7.